The van der Waals surface area contributed by atoms with Crippen LogP contribution in [0.5, 0.6) is 0 Å². The van der Waals surface area contributed by atoms with E-state index in [2.05, 4.69) is 47.8 Å². The second-order valence-electron chi connectivity index (χ2n) is 4.60. The van der Waals surface area contributed by atoms with Crippen molar-refractivity contribution in [1.82, 2.24) is 4.90 Å². The van der Waals surface area contributed by atoms with Crippen LogP contribution < -0.4 is 5.73 Å². The Morgan fingerprint density at radius 1 is 1.38 bits per heavy atom. The smallest absolute Gasteiger partial charge is 0.0328 e. The Morgan fingerprint density at radius 3 is 2.62 bits per heavy atom. The molecule has 0 aromatic heterocycles. The summed E-state index contributed by atoms with van der Waals surface area (Å²) in [5.41, 5.74) is 7.90. The molecular weight excluding hydrogens is 264 g/mol. The lowest BCUT2D eigenvalue weighted by Gasteiger charge is -2.20. The Morgan fingerprint density at radius 2 is 2.06 bits per heavy atom. The highest BCUT2D eigenvalue weighted by Crippen LogP contribution is 2.18. The van der Waals surface area contributed by atoms with Gasteiger partial charge in [0.1, 0.15) is 0 Å². The summed E-state index contributed by atoms with van der Waals surface area (Å²) in [5.74, 6) is 0.745. The molecule has 90 valence electrons. The van der Waals surface area contributed by atoms with Crippen LogP contribution >= 0.6 is 15.9 Å². The number of anilines is 1. The van der Waals surface area contributed by atoms with Gasteiger partial charge in [-0.2, -0.15) is 0 Å². The fraction of sp³-hybridized carbons (Fsp3) is 0.538. The van der Waals surface area contributed by atoms with Gasteiger partial charge in [0.2, 0.25) is 0 Å². The standard InChI is InChI=1S/C13H21BrN2/c1-4-10(2)8-16(3)9-11-5-12(14)7-13(15)6-11/h5-7,10H,4,8-9,15H2,1-3H3. The number of benzene rings is 1. The van der Waals surface area contributed by atoms with Gasteiger partial charge in [0.25, 0.3) is 0 Å². The van der Waals surface area contributed by atoms with Gasteiger partial charge in [-0.15, -0.1) is 0 Å². The van der Waals surface area contributed by atoms with Crippen LogP contribution in [-0.2, 0) is 6.54 Å². The molecule has 1 rings (SSSR count). The zero-order valence-corrected chi connectivity index (χ0v) is 11.9. The fourth-order valence-corrected chi connectivity index (χ4v) is 2.36. The average molecular weight is 285 g/mol. The molecule has 0 saturated carbocycles. The highest BCUT2D eigenvalue weighted by Gasteiger charge is 2.06. The fourth-order valence-electron chi connectivity index (χ4n) is 1.80. The molecule has 1 aromatic rings. The lowest BCUT2D eigenvalue weighted by molar-refractivity contribution is 0.275. The molecular formula is C13H21BrN2. The normalized spacial score (nSPS) is 13.1. The van der Waals surface area contributed by atoms with Gasteiger partial charge in [-0.1, -0.05) is 36.2 Å². The minimum Gasteiger partial charge on any atom is -0.399 e. The predicted molar refractivity (Wildman–Crippen MR) is 74.3 cm³/mol. The molecule has 0 aliphatic heterocycles. The largest absolute Gasteiger partial charge is 0.399 e. The minimum atomic E-state index is 0.745. The van der Waals surface area contributed by atoms with Crippen LogP contribution in [0.25, 0.3) is 0 Å². The van der Waals surface area contributed by atoms with Gasteiger partial charge < -0.3 is 10.6 Å². The number of hydrogen-bond acceptors (Lipinski definition) is 2. The number of nitrogens with two attached hydrogens (primary N) is 1. The third-order valence-electron chi connectivity index (χ3n) is 2.75. The molecule has 1 aromatic carbocycles. The summed E-state index contributed by atoms with van der Waals surface area (Å²) in [6, 6.07) is 6.10. The van der Waals surface area contributed by atoms with Gasteiger partial charge in [0.05, 0.1) is 0 Å². The monoisotopic (exact) mass is 284 g/mol. The molecule has 3 heteroatoms. The Labute approximate surface area is 107 Å². The number of hydrogen-bond donors (Lipinski definition) is 1. The summed E-state index contributed by atoms with van der Waals surface area (Å²) in [4.78, 5) is 2.34. The van der Waals surface area contributed by atoms with E-state index in [1.165, 1.54) is 12.0 Å². The van der Waals surface area contributed by atoms with Gasteiger partial charge in [0, 0.05) is 23.2 Å². The highest BCUT2D eigenvalue weighted by molar-refractivity contribution is 9.10. The van der Waals surface area contributed by atoms with Crippen molar-refractivity contribution in [3.05, 3.63) is 28.2 Å². The zero-order chi connectivity index (χ0) is 12.1. The Balaban J connectivity index is 2.58. The van der Waals surface area contributed by atoms with E-state index in [-0.39, 0.29) is 0 Å². The van der Waals surface area contributed by atoms with E-state index in [0.717, 1.165) is 29.2 Å². The van der Waals surface area contributed by atoms with E-state index in [9.17, 15) is 0 Å². The van der Waals surface area contributed by atoms with E-state index < -0.39 is 0 Å². The summed E-state index contributed by atoms with van der Waals surface area (Å²) in [6.07, 6.45) is 1.23. The van der Waals surface area contributed by atoms with Crippen molar-refractivity contribution < 1.29 is 0 Å². The molecule has 0 radical (unpaired) electrons. The number of nitrogen functional groups attached to an aromatic ring is 1. The first-order chi connectivity index (χ1) is 7.51. The van der Waals surface area contributed by atoms with Crippen molar-refractivity contribution in [3.8, 4) is 0 Å². The summed E-state index contributed by atoms with van der Waals surface area (Å²) >= 11 is 3.47. The lowest BCUT2D eigenvalue weighted by atomic mass is 10.1. The maximum atomic E-state index is 5.81. The third kappa shape index (κ3) is 4.54. The second kappa shape index (κ2) is 6.26. The van der Waals surface area contributed by atoms with Gasteiger partial charge in [0.15, 0.2) is 0 Å². The van der Waals surface area contributed by atoms with Crippen molar-refractivity contribution in [1.29, 1.82) is 0 Å². The summed E-state index contributed by atoms with van der Waals surface area (Å²) in [6.45, 7) is 6.60. The first kappa shape index (κ1) is 13.5. The molecule has 0 bridgehead atoms. The zero-order valence-electron chi connectivity index (χ0n) is 10.3. The Bertz CT molecular complexity index is 318. The van der Waals surface area contributed by atoms with Crippen molar-refractivity contribution >= 4 is 21.6 Å². The molecule has 1 unspecified atom stereocenters. The van der Waals surface area contributed by atoms with Gasteiger partial charge in [-0.25, -0.2) is 0 Å². The minimum absolute atomic E-state index is 0.745. The maximum absolute atomic E-state index is 5.81. The summed E-state index contributed by atoms with van der Waals surface area (Å²) < 4.78 is 1.06. The highest BCUT2D eigenvalue weighted by atomic mass is 79.9. The van der Waals surface area contributed by atoms with Crippen LogP contribution in [0.15, 0.2) is 22.7 Å². The van der Waals surface area contributed by atoms with E-state index in [4.69, 9.17) is 5.73 Å². The van der Waals surface area contributed by atoms with Crippen molar-refractivity contribution in [2.24, 2.45) is 5.92 Å². The lowest BCUT2D eigenvalue weighted by Crippen LogP contribution is -2.23. The number of nitrogens with zero attached hydrogens (tertiary/aromatic N) is 1. The van der Waals surface area contributed by atoms with Crippen LogP contribution in [0, 0.1) is 5.92 Å². The topological polar surface area (TPSA) is 29.3 Å². The van der Waals surface area contributed by atoms with Gasteiger partial charge >= 0.3 is 0 Å². The summed E-state index contributed by atoms with van der Waals surface area (Å²) in [5, 5.41) is 0. The molecule has 0 heterocycles. The molecule has 0 saturated heterocycles. The predicted octanol–water partition coefficient (Wildman–Crippen LogP) is 3.51. The molecule has 1 atom stereocenters. The van der Waals surface area contributed by atoms with Crippen molar-refractivity contribution in [2.45, 2.75) is 26.8 Å². The van der Waals surface area contributed by atoms with Crippen molar-refractivity contribution in [3.63, 3.8) is 0 Å². The molecule has 0 amide bonds. The van der Waals surface area contributed by atoms with E-state index in [1.807, 2.05) is 12.1 Å². The van der Waals surface area contributed by atoms with Gasteiger partial charge in [-0.05, 0) is 36.7 Å². The first-order valence-corrected chi connectivity index (χ1v) is 6.54. The van der Waals surface area contributed by atoms with Crippen LogP contribution in [0.1, 0.15) is 25.8 Å². The SMILES string of the molecule is CCC(C)CN(C)Cc1cc(N)cc(Br)c1. The Hall–Kier alpha value is -0.540. The van der Waals surface area contributed by atoms with Crippen LogP contribution in [-0.4, -0.2) is 18.5 Å². The molecule has 0 spiro atoms. The quantitative estimate of drug-likeness (QED) is 0.839. The maximum Gasteiger partial charge on any atom is 0.0328 e. The summed E-state index contributed by atoms with van der Waals surface area (Å²) in [7, 11) is 2.16. The van der Waals surface area contributed by atoms with Crippen LogP contribution in [0.2, 0.25) is 0 Å². The van der Waals surface area contributed by atoms with E-state index in [1.54, 1.807) is 0 Å². The molecule has 0 aliphatic carbocycles. The van der Waals surface area contributed by atoms with Gasteiger partial charge in [-0.3, -0.25) is 0 Å². The van der Waals surface area contributed by atoms with E-state index >= 15 is 0 Å². The number of rotatable bonds is 5. The average Bonchev–Trinajstić information content (AvgIpc) is 2.15. The van der Waals surface area contributed by atoms with Crippen LogP contribution in [0.4, 0.5) is 5.69 Å². The van der Waals surface area contributed by atoms with Crippen LogP contribution in [0.3, 0.4) is 0 Å². The molecule has 0 aliphatic rings. The third-order valence-corrected chi connectivity index (χ3v) is 3.21. The van der Waals surface area contributed by atoms with Crippen molar-refractivity contribution in [2.75, 3.05) is 19.3 Å². The molecule has 16 heavy (non-hydrogen) atoms. The van der Waals surface area contributed by atoms with E-state index in [0.29, 0.717) is 0 Å². The molecule has 2 N–H and O–H groups in total. The molecule has 0 fully saturated rings. The number of halogens is 1. The first-order valence-electron chi connectivity index (χ1n) is 5.74. The second-order valence-corrected chi connectivity index (χ2v) is 5.52. The molecule has 2 nitrogen and oxygen atoms in total. The Kier molecular flexibility index (Phi) is 5.29.